The first-order valence-corrected chi connectivity index (χ1v) is 22.0. The minimum atomic E-state index is -0.153. The number of amides is 2. The maximum atomic E-state index is 11.7. The van der Waals surface area contributed by atoms with Gasteiger partial charge in [0.1, 0.15) is 0 Å². The summed E-state index contributed by atoms with van der Waals surface area (Å²) < 4.78 is 0. The number of nitrogens with two attached hydrogens (primary N) is 1. The molecular formula is C48H88N2O2. The van der Waals surface area contributed by atoms with Gasteiger partial charge in [-0.1, -0.05) is 217 Å². The lowest BCUT2D eigenvalue weighted by Gasteiger charge is -2.03. The molecule has 0 heterocycles. The molecule has 0 unspecified atom stereocenters. The van der Waals surface area contributed by atoms with Crippen LogP contribution in [0.1, 0.15) is 214 Å². The third-order valence-corrected chi connectivity index (χ3v) is 8.51. The van der Waals surface area contributed by atoms with Crippen LogP contribution in [0.4, 0.5) is 0 Å². The smallest absolute Gasteiger partial charge is 0.220 e. The first-order chi connectivity index (χ1) is 25.6. The summed E-state index contributed by atoms with van der Waals surface area (Å²) >= 11 is 0. The number of hydrogen-bond acceptors (Lipinski definition) is 2. The maximum Gasteiger partial charge on any atom is 0.220 e. The Bertz CT molecular complexity index is 881. The van der Waals surface area contributed by atoms with E-state index in [-0.39, 0.29) is 11.8 Å². The predicted molar refractivity (Wildman–Crippen MR) is 235 cm³/mol. The van der Waals surface area contributed by atoms with Crippen LogP contribution in [0.15, 0.2) is 72.9 Å². The Kier molecular flexibility index (Phi) is 54.5. The fourth-order valence-corrected chi connectivity index (χ4v) is 5.39. The molecule has 4 heteroatoms. The van der Waals surface area contributed by atoms with Gasteiger partial charge in [0.25, 0.3) is 0 Å². The lowest BCUT2D eigenvalue weighted by Crippen LogP contribution is -2.23. The standard InChI is InChI=1S/C28H45NO.C18H37NO.C2H6/c1-3-5-7-9-10-11-12-13-14-15-16-17-18-19-20-21-22-23-24-26-28(30)29-27-25-8-6-4-2;1-2-3-4-5-6-7-8-9-10-11-12-13-14-15-16-17-18(19)20;1-2/h5,7,10-11,13-14,16-17,19-20,22-23H,3-4,6,8-9,12,15,18,21,24-27H2,1-2H3,(H,29,30);2-17H2,1H3,(H2,19,20);1-2H3/b7-5-,11-10-,14-13-,17-16-,20-19-,23-22-;;. The van der Waals surface area contributed by atoms with Crippen molar-refractivity contribution in [3.05, 3.63) is 72.9 Å². The SMILES string of the molecule is CC.CC/C=C\C/C=C\C/C=C\C/C=C\C/C=C\C/C=C\CCC(=O)NCCCCCC.CCCCCCCCCCCCCCCCCC(N)=O. The van der Waals surface area contributed by atoms with Gasteiger partial charge in [0.2, 0.25) is 11.8 Å². The van der Waals surface area contributed by atoms with E-state index in [0.29, 0.717) is 12.8 Å². The molecule has 0 fully saturated rings. The molecule has 0 radical (unpaired) electrons. The van der Waals surface area contributed by atoms with Crippen molar-refractivity contribution in [2.75, 3.05) is 6.54 Å². The van der Waals surface area contributed by atoms with E-state index in [0.717, 1.165) is 64.3 Å². The largest absolute Gasteiger partial charge is 0.370 e. The molecule has 0 aliphatic rings. The summed E-state index contributed by atoms with van der Waals surface area (Å²) in [5, 5.41) is 3.00. The van der Waals surface area contributed by atoms with Crippen LogP contribution in [0, 0.1) is 0 Å². The molecule has 0 bridgehead atoms. The molecule has 0 aromatic rings. The Balaban J connectivity index is -0.000000947. The molecule has 0 saturated carbocycles. The van der Waals surface area contributed by atoms with Crippen LogP contribution in [0.5, 0.6) is 0 Å². The summed E-state index contributed by atoms with van der Waals surface area (Å²) in [6, 6.07) is 0. The van der Waals surface area contributed by atoms with E-state index < -0.39 is 0 Å². The molecule has 302 valence electrons. The number of nitrogens with one attached hydrogen (secondary N) is 1. The van der Waals surface area contributed by atoms with Crippen LogP contribution < -0.4 is 11.1 Å². The quantitative estimate of drug-likeness (QED) is 0.0504. The van der Waals surface area contributed by atoms with Crippen LogP contribution in [-0.2, 0) is 9.59 Å². The third kappa shape index (κ3) is 56.7. The molecule has 4 nitrogen and oxygen atoms in total. The van der Waals surface area contributed by atoms with Gasteiger partial charge in [0.05, 0.1) is 0 Å². The first kappa shape index (κ1) is 53.7. The van der Waals surface area contributed by atoms with Crippen LogP contribution >= 0.6 is 0 Å². The van der Waals surface area contributed by atoms with E-state index >= 15 is 0 Å². The van der Waals surface area contributed by atoms with Gasteiger partial charge in [-0.2, -0.15) is 0 Å². The lowest BCUT2D eigenvalue weighted by atomic mass is 10.0. The first-order valence-electron chi connectivity index (χ1n) is 22.0. The summed E-state index contributed by atoms with van der Waals surface area (Å²) in [5.74, 6) is 0.0192. The van der Waals surface area contributed by atoms with Gasteiger partial charge in [-0.15, -0.1) is 0 Å². The molecule has 52 heavy (non-hydrogen) atoms. The second kappa shape index (κ2) is 52.7. The summed E-state index contributed by atoms with van der Waals surface area (Å²) in [6.45, 7) is 11.5. The normalized spacial score (nSPS) is 11.6. The molecule has 0 atom stereocenters. The van der Waals surface area contributed by atoms with Gasteiger partial charge in [0.15, 0.2) is 0 Å². The topological polar surface area (TPSA) is 72.2 Å². The van der Waals surface area contributed by atoms with Crippen molar-refractivity contribution in [2.45, 2.75) is 214 Å². The average Bonchev–Trinajstić information content (AvgIpc) is 3.15. The van der Waals surface area contributed by atoms with Crippen molar-refractivity contribution in [1.29, 1.82) is 0 Å². The van der Waals surface area contributed by atoms with Gasteiger partial charge < -0.3 is 11.1 Å². The van der Waals surface area contributed by atoms with Crippen molar-refractivity contribution < 1.29 is 9.59 Å². The highest BCUT2D eigenvalue weighted by atomic mass is 16.1. The van der Waals surface area contributed by atoms with Gasteiger partial charge in [-0.05, 0) is 57.8 Å². The van der Waals surface area contributed by atoms with E-state index in [2.05, 4.69) is 99.0 Å². The Morgan fingerprint density at radius 2 is 0.750 bits per heavy atom. The zero-order valence-electron chi connectivity index (χ0n) is 35.3. The molecule has 0 aliphatic carbocycles. The number of rotatable bonds is 35. The fraction of sp³-hybridized carbons (Fsp3) is 0.708. The van der Waals surface area contributed by atoms with E-state index in [9.17, 15) is 9.59 Å². The zero-order chi connectivity index (χ0) is 38.9. The Labute approximate surface area is 325 Å². The highest BCUT2D eigenvalue weighted by Gasteiger charge is 1.98. The van der Waals surface area contributed by atoms with E-state index in [4.69, 9.17) is 5.73 Å². The number of carbonyl (C=O) groups excluding carboxylic acids is 2. The second-order valence-corrected chi connectivity index (χ2v) is 13.5. The minimum Gasteiger partial charge on any atom is -0.370 e. The number of unbranched alkanes of at least 4 members (excludes halogenated alkanes) is 17. The highest BCUT2D eigenvalue weighted by Crippen LogP contribution is 2.13. The highest BCUT2D eigenvalue weighted by molar-refractivity contribution is 5.75. The number of hydrogen-bond donors (Lipinski definition) is 2. The zero-order valence-corrected chi connectivity index (χ0v) is 35.3. The molecule has 3 N–H and O–H groups in total. The average molecular weight is 725 g/mol. The van der Waals surface area contributed by atoms with Crippen molar-refractivity contribution in [2.24, 2.45) is 5.73 Å². The van der Waals surface area contributed by atoms with E-state index in [1.54, 1.807) is 0 Å². The molecule has 0 saturated heterocycles. The van der Waals surface area contributed by atoms with Crippen molar-refractivity contribution >= 4 is 11.8 Å². The molecule has 0 aromatic carbocycles. The third-order valence-electron chi connectivity index (χ3n) is 8.51. The summed E-state index contributed by atoms with van der Waals surface area (Å²) in [6.07, 6.45) is 59.5. The van der Waals surface area contributed by atoms with Gasteiger partial charge in [0, 0.05) is 19.4 Å². The molecule has 0 rings (SSSR count). The van der Waals surface area contributed by atoms with Crippen LogP contribution in [0.3, 0.4) is 0 Å². The molecule has 0 spiro atoms. The minimum absolute atomic E-state index is 0.153. The maximum absolute atomic E-state index is 11.7. The summed E-state index contributed by atoms with van der Waals surface area (Å²) in [4.78, 5) is 22.2. The number of allylic oxidation sites excluding steroid dienone is 12. The number of carbonyl (C=O) groups is 2. The number of primary amides is 1. The molecule has 2 amide bonds. The summed E-state index contributed by atoms with van der Waals surface area (Å²) in [5.41, 5.74) is 5.11. The molecular weight excluding hydrogens is 637 g/mol. The van der Waals surface area contributed by atoms with E-state index in [1.807, 2.05) is 13.8 Å². The fourth-order valence-electron chi connectivity index (χ4n) is 5.39. The van der Waals surface area contributed by atoms with Crippen molar-refractivity contribution in [3.8, 4) is 0 Å². The Hall–Kier alpha value is -2.62. The molecule has 0 aliphatic heterocycles. The lowest BCUT2D eigenvalue weighted by molar-refractivity contribution is -0.121. The van der Waals surface area contributed by atoms with Crippen molar-refractivity contribution in [3.63, 3.8) is 0 Å². The van der Waals surface area contributed by atoms with Gasteiger partial charge in [-0.25, -0.2) is 0 Å². The predicted octanol–water partition coefficient (Wildman–Crippen LogP) is 14.9. The Morgan fingerprint density at radius 1 is 0.423 bits per heavy atom. The Morgan fingerprint density at radius 3 is 1.12 bits per heavy atom. The summed E-state index contributed by atoms with van der Waals surface area (Å²) in [7, 11) is 0. The monoisotopic (exact) mass is 725 g/mol. The van der Waals surface area contributed by atoms with Crippen molar-refractivity contribution in [1.82, 2.24) is 5.32 Å². The van der Waals surface area contributed by atoms with Gasteiger partial charge >= 0.3 is 0 Å². The van der Waals surface area contributed by atoms with Crippen LogP contribution in [-0.4, -0.2) is 18.4 Å². The van der Waals surface area contributed by atoms with E-state index in [1.165, 1.54) is 109 Å². The van der Waals surface area contributed by atoms with Crippen LogP contribution in [0.25, 0.3) is 0 Å². The second-order valence-electron chi connectivity index (χ2n) is 13.5. The molecule has 0 aromatic heterocycles. The van der Waals surface area contributed by atoms with Gasteiger partial charge in [-0.3, -0.25) is 9.59 Å². The van der Waals surface area contributed by atoms with Crippen LogP contribution in [0.2, 0.25) is 0 Å².